The maximum Gasteiger partial charge on any atom is 0.232 e. The molecule has 8 heteroatoms. The van der Waals surface area contributed by atoms with Gasteiger partial charge in [-0.2, -0.15) is 0 Å². The molecule has 3 heterocycles. The molecule has 5 rings (SSSR count). The Hall–Kier alpha value is -3.07. The predicted octanol–water partition coefficient (Wildman–Crippen LogP) is 4.27. The number of nitrogens with zero attached hydrogens (tertiary/aromatic N) is 3. The lowest BCUT2D eigenvalue weighted by Crippen LogP contribution is -2.35. The lowest BCUT2D eigenvalue weighted by Gasteiger charge is -2.26. The van der Waals surface area contributed by atoms with Crippen LogP contribution in [-0.4, -0.2) is 47.3 Å². The quantitative estimate of drug-likeness (QED) is 0.474. The molecule has 0 radical (unpaired) electrons. The van der Waals surface area contributed by atoms with E-state index in [1.165, 1.54) is 11.3 Å². The molecule has 0 saturated carbocycles. The van der Waals surface area contributed by atoms with Gasteiger partial charge >= 0.3 is 0 Å². The largest absolute Gasteiger partial charge is 0.379 e. The van der Waals surface area contributed by atoms with Crippen LogP contribution in [0.4, 0.5) is 5.13 Å². The van der Waals surface area contributed by atoms with Gasteiger partial charge in [0.1, 0.15) is 5.69 Å². The molecule has 0 spiro atoms. The van der Waals surface area contributed by atoms with Gasteiger partial charge in [-0.15, -0.1) is 0 Å². The molecule has 1 aliphatic heterocycles. The summed E-state index contributed by atoms with van der Waals surface area (Å²) < 4.78 is 10.8. The monoisotopic (exact) mass is 448 g/mol. The summed E-state index contributed by atoms with van der Waals surface area (Å²) in [6.07, 6.45) is 0.134. The third kappa shape index (κ3) is 4.57. The molecule has 1 amide bonds. The standard InChI is InChI=1S/C24H24N4O3S/c1-16-7-8-20-18(13-16)19(27-31-20)14-22(29)25-24-26-23(17-5-3-2-4-6-17)21(32-24)15-28-9-11-30-12-10-28/h2-8,13H,9-12,14-15H2,1H3,(H,25,26,29). The molecule has 0 bridgehead atoms. The topological polar surface area (TPSA) is 80.5 Å². The molecule has 2 aromatic heterocycles. The Labute approximate surface area is 190 Å². The minimum Gasteiger partial charge on any atom is -0.379 e. The number of ether oxygens (including phenoxy) is 1. The average Bonchev–Trinajstić information content (AvgIpc) is 3.38. The van der Waals surface area contributed by atoms with Gasteiger partial charge in [0.2, 0.25) is 5.91 Å². The number of anilines is 1. The average molecular weight is 449 g/mol. The smallest absolute Gasteiger partial charge is 0.232 e. The fraction of sp³-hybridized carbons (Fsp3) is 0.292. The van der Waals surface area contributed by atoms with Gasteiger partial charge in [-0.25, -0.2) is 4.98 Å². The maximum atomic E-state index is 12.8. The van der Waals surface area contributed by atoms with Crippen molar-refractivity contribution in [3.63, 3.8) is 0 Å². The van der Waals surface area contributed by atoms with Crippen LogP contribution in [0.3, 0.4) is 0 Å². The van der Waals surface area contributed by atoms with Crippen LogP contribution < -0.4 is 5.32 Å². The Balaban J connectivity index is 1.36. The van der Waals surface area contributed by atoms with Gasteiger partial charge in [-0.1, -0.05) is 58.5 Å². The lowest BCUT2D eigenvalue weighted by molar-refractivity contribution is -0.115. The number of aryl methyl sites for hydroxylation is 1. The summed E-state index contributed by atoms with van der Waals surface area (Å²) in [4.78, 5) is 21.1. The van der Waals surface area contributed by atoms with E-state index < -0.39 is 0 Å². The fourth-order valence-corrected chi connectivity index (χ4v) is 4.88. The normalized spacial score (nSPS) is 14.7. The van der Waals surface area contributed by atoms with E-state index >= 15 is 0 Å². The van der Waals surface area contributed by atoms with Crippen molar-refractivity contribution in [2.24, 2.45) is 0 Å². The maximum absolute atomic E-state index is 12.8. The molecule has 32 heavy (non-hydrogen) atoms. The number of carbonyl (C=O) groups excluding carboxylic acids is 1. The van der Waals surface area contributed by atoms with E-state index in [-0.39, 0.29) is 12.3 Å². The van der Waals surface area contributed by atoms with Crippen molar-refractivity contribution >= 4 is 33.3 Å². The molecule has 1 N–H and O–H groups in total. The van der Waals surface area contributed by atoms with Gasteiger partial charge in [-0.05, 0) is 19.1 Å². The van der Waals surface area contributed by atoms with Gasteiger partial charge in [0.25, 0.3) is 0 Å². The molecule has 0 unspecified atom stereocenters. The van der Waals surface area contributed by atoms with Crippen molar-refractivity contribution in [3.8, 4) is 11.3 Å². The number of thiazole rings is 1. The van der Waals surface area contributed by atoms with E-state index in [1.54, 1.807) is 0 Å². The molecular formula is C24H24N4O3S. The summed E-state index contributed by atoms with van der Waals surface area (Å²) in [5, 5.41) is 8.54. The summed E-state index contributed by atoms with van der Waals surface area (Å²) in [5.74, 6) is -0.159. The first-order valence-electron chi connectivity index (χ1n) is 10.7. The summed E-state index contributed by atoms with van der Waals surface area (Å²) in [6.45, 7) is 6.07. The summed E-state index contributed by atoms with van der Waals surface area (Å²) in [7, 11) is 0. The van der Waals surface area contributed by atoms with Crippen molar-refractivity contribution in [2.45, 2.75) is 19.9 Å². The zero-order valence-corrected chi connectivity index (χ0v) is 18.7. The number of carbonyl (C=O) groups is 1. The summed E-state index contributed by atoms with van der Waals surface area (Å²) in [6, 6.07) is 15.9. The van der Waals surface area contributed by atoms with Gasteiger partial charge in [0.05, 0.1) is 25.3 Å². The lowest BCUT2D eigenvalue weighted by atomic mass is 10.1. The van der Waals surface area contributed by atoms with Gasteiger partial charge in [-0.3, -0.25) is 9.69 Å². The first-order chi connectivity index (χ1) is 15.7. The second-order valence-electron chi connectivity index (χ2n) is 7.90. The minimum atomic E-state index is -0.159. The highest BCUT2D eigenvalue weighted by molar-refractivity contribution is 7.16. The van der Waals surface area contributed by atoms with Crippen molar-refractivity contribution in [3.05, 3.63) is 64.7 Å². The summed E-state index contributed by atoms with van der Waals surface area (Å²) >= 11 is 1.53. The van der Waals surface area contributed by atoms with Gasteiger partial charge in [0.15, 0.2) is 10.7 Å². The third-order valence-corrected chi connectivity index (χ3v) is 6.45. The van der Waals surface area contributed by atoms with Gasteiger partial charge in [0, 0.05) is 35.5 Å². The second kappa shape index (κ2) is 9.20. The zero-order valence-electron chi connectivity index (χ0n) is 17.8. The second-order valence-corrected chi connectivity index (χ2v) is 8.98. The van der Waals surface area contributed by atoms with Crippen molar-refractivity contribution in [1.29, 1.82) is 0 Å². The van der Waals surface area contributed by atoms with Crippen LogP contribution in [0.5, 0.6) is 0 Å². The number of nitrogens with one attached hydrogen (secondary N) is 1. The van der Waals surface area contributed by atoms with E-state index in [4.69, 9.17) is 14.2 Å². The SMILES string of the molecule is Cc1ccc2onc(CC(=O)Nc3nc(-c4ccccc4)c(CN4CCOCC4)s3)c2c1. The Kier molecular flexibility index (Phi) is 5.98. The Bertz CT molecular complexity index is 1230. The number of morpholine rings is 1. The van der Waals surface area contributed by atoms with Crippen LogP contribution in [0, 0.1) is 6.92 Å². The Morgan fingerprint density at radius 3 is 2.78 bits per heavy atom. The number of hydrogen-bond donors (Lipinski definition) is 1. The zero-order chi connectivity index (χ0) is 21.9. The molecule has 2 aromatic carbocycles. The minimum absolute atomic E-state index is 0.134. The van der Waals surface area contributed by atoms with E-state index in [1.807, 2.05) is 55.5 Å². The Morgan fingerprint density at radius 2 is 1.97 bits per heavy atom. The number of rotatable bonds is 6. The molecule has 7 nitrogen and oxygen atoms in total. The fourth-order valence-electron chi connectivity index (χ4n) is 3.84. The van der Waals surface area contributed by atoms with Crippen molar-refractivity contribution < 1.29 is 14.1 Å². The highest BCUT2D eigenvalue weighted by Gasteiger charge is 2.20. The first-order valence-corrected chi connectivity index (χ1v) is 11.5. The molecule has 1 saturated heterocycles. The molecule has 0 aliphatic carbocycles. The van der Waals surface area contributed by atoms with E-state index in [2.05, 4.69) is 15.4 Å². The predicted molar refractivity (Wildman–Crippen MR) is 125 cm³/mol. The number of benzene rings is 2. The van der Waals surface area contributed by atoms with Crippen molar-refractivity contribution in [2.75, 3.05) is 31.6 Å². The number of fused-ring (bicyclic) bond motifs is 1. The van der Waals surface area contributed by atoms with E-state index in [9.17, 15) is 4.79 Å². The van der Waals surface area contributed by atoms with Crippen LogP contribution >= 0.6 is 11.3 Å². The number of amides is 1. The van der Waals surface area contributed by atoms with Crippen LogP contribution in [0.15, 0.2) is 53.1 Å². The number of hydrogen-bond acceptors (Lipinski definition) is 7. The van der Waals surface area contributed by atoms with E-state index in [0.29, 0.717) is 16.4 Å². The van der Waals surface area contributed by atoms with Crippen molar-refractivity contribution in [1.82, 2.24) is 15.0 Å². The van der Waals surface area contributed by atoms with Gasteiger partial charge < -0.3 is 14.6 Å². The molecule has 1 fully saturated rings. The third-order valence-electron chi connectivity index (χ3n) is 5.49. The molecular weight excluding hydrogens is 424 g/mol. The molecule has 4 aromatic rings. The number of aromatic nitrogens is 2. The van der Waals surface area contributed by atoms with E-state index in [0.717, 1.165) is 59.9 Å². The van der Waals surface area contributed by atoms with Crippen LogP contribution in [0.25, 0.3) is 22.2 Å². The van der Waals surface area contributed by atoms with Crippen LogP contribution in [-0.2, 0) is 22.5 Å². The first kappa shape index (κ1) is 20.8. The highest BCUT2D eigenvalue weighted by atomic mass is 32.1. The van der Waals surface area contributed by atoms with Crippen LogP contribution in [0.1, 0.15) is 16.1 Å². The summed E-state index contributed by atoms with van der Waals surface area (Å²) in [5.41, 5.74) is 4.38. The van der Waals surface area contributed by atoms with Crippen LogP contribution in [0.2, 0.25) is 0 Å². The molecule has 0 atom stereocenters. The molecule has 164 valence electrons. The Morgan fingerprint density at radius 1 is 1.16 bits per heavy atom. The highest BCUT2D eigenvalue weighted by Crippen LogP contribution is 2.32. The molecule has 1 aliphatic rings.